The van der Waals surface area contributed by atoms with Gasteiger partial charge in [-0.25, -0.2) is 9.78 Å². The van der Waals surface area contributed by atoms with Gasteiger partial charge in [-0.3, -0.25) is 4.79 Å². The van der Waals surface area contributed by atoms with Crippen LogP contribution in [0.1, 0.15) is 25.8 Å². The molecule has 28 heavy (non-hydrogen) atoms. The quantitative estimate of drug-likeness (QED) is 0.566. The van der Waals surface area contributed by atoms with E-state index in [1.54, 1.807) is 35.3 Å². The first-order valence-electron chi connectivity index (χ1n) is 8.75. The van der Waals surface area contributed by atoms with Crippen LogP contribution in [0.5, 0.6) is 0 Å². The highest BCUT2D eigenvalue weighted by Gasteiger charge is 2.24. The maximum Gasteiger partial charge on any atom is 0.350 e. The van der Waals surface area contributed by atoms with Gasteiger partial charge in [-0.1, -0.05) is 23.7 Å². The third-order valence-electron chi connectivity index (χ3n) is 4.56. The fraction of sp³-hybridized carbons (Fsp3) is 0.250. The van der Waals surface area contributed by atoms with E-state index in [1.807, 2.05) is 23.6 Å². The molecule has 5 nitrogen and oxygen atoms in total. The molecule has 0 saturated carbocycles. The number of rotatable bonds is 4. The normalized spacial score (nSPS) is 13.3. The van der Waals surface area contributed by atoms with Gasteiger partial charge >= 0.3 is 5.97 Å². The maximum absolute atomic E-state index is 12.5. The van der Waals surface area contributed by atoms with Crippen molar-refractivity contribution in [2.75, 3.05) is 13.2 Å². The Morgan fingerprint density at radius 3 is 2.82 bits per heavy atom. The molecule has 144 valence electrons. The van der Waals surface area contributed by atoms with Crippen molar-refractivity contribution in [3.63, 3.8) is 0 Å². The summed E-state index contributed by atoms with van der Waals surface area (Å²) in [6.07, 6.45) is 0.852. The Morgan fingerprint density at radius 1 is 1.25 bits per heavy atom. The van der Waals surface area contributed by atoms with Gasteiger partial charge in [-0.15, -0.1) is 22.7 Å². The first-order chi connectivity index (χ1) is 13.5. The van der Waals surface area contributed by atoms with Crippen LogP contribution in [0.2, 0.25) is 5.02 Å². The lowest BCUT2D eigenvalue weighted by atomic mass is 10.1. The molecular weight excluding hydrogens is 416 g/mol. The van der Waals surface area contributed by atoms with E-state index in [0.29, 0.717) is 33.7 Å². The Bertz CT molecular complexity index is 1030. The van der Waals surface area contributed by atoms with Gasteiger partial charge in [0, 0.05) is 28.6 Å². The van der Waals surface area contributed by atoms with E-state index < -0.39 is 5.97 Å². The highest BCUT2D eigenvalue weighted by molar-refractivity contribution is 7.17. The zero-order valence-electron chi connectivity index (χ0n) is 15.1. The molecule has 0 spiro atoms. The summed E-state index contributed by atoms with van der Waals surface area (Å²) in [7, 11) is 0. The average molecular weight is 433 g/mol. The molecule has 3 heterocycles. The number of fused-ring (bicyclic) bond motifs is 1. The fourth-order valence-corrected chi connectivity index (χ4v) is 5.03. The summed E-state index contributed by atoms with van der Waals surface area (Å²) in [5.41, 5.74) is 2.66. The second-order valence-corrected chi connectivity index (χ2v) is 8.89. The number of aryl methyl sites for hydroxylation is 1. The minimum Gasteiger partial charge on any atom is -0.451 e. The van der Waals surface area contributed by atoms with Crippen molar-refractivity contribution >= 4 is 46.2 Å². The van der Waals surface area contributed by atoms with Crippen LogP contribution >= 0.6 is 34.3 Å². The van der Waals surface area contributed by atoms with Crippen molar-refractivity contribution in [3.8, 4) is 10.6 Å². The second-order valence-electron chi connectivity index (χ2n) is 6.45. The van der Waals surface area contributed by atoms with Crippen molar-refractivity contribution in [1.82, 2.24) is 9.88 Å². The number of ether oxygens (including phenoxy) is 1. The molecule has 4 rings (SSSR count). The van der Waals surface area contributed by atoms with Crippen molar-refractivity contribution in [1.29, 1.82) is 0 Å². The molecule has 1 aliphatic rings. The van der Waals surface area contributed by atoms with Crippen molar-refractivity contribution < 1.29 is 14.3 Å². The predicted octanol–water partition coefficient (Wildman–Crippen LogP) is 4.58. The monoisotopic (exact) mass is 432 g/mol. The number of aromatic nitrogens is 1. The van der Waals surface area contributed by atoms with Gasteiger partial charge in [0.15, 0.2) is 6.61 Å². The summed E-state index contributed by atoms with van der Waals surface area (Å²) in [5.74, 6) is -0.693. The van der Waals surface area contributed by atoms with Gasteiger partial charge in [0.2, 0.25) is 0 Å². The minimum absolute atomic E-state index is 0.176. The lowest BCUT2D eigenvalue weighted by molar-refractivity contribution is -0.135. The Labute approximate surface area is 175 Å². The Hall–Kier alpha value is -2.22. The van der Waals surface area contributed by atoms with Gasteiger partial charge < -0.3 is 9.64 Å². The Morgan fingerprint density at radius 2 is 2.04 bits per heavy atom. The zero-order chi connectivity index (χ0) is 19.7. The molecule has 0 aliphatic carbocycles. The largest absolute Gasteiger partial charge is 0.451 e. The molecule has 1 amide bonds. The molecular formula is C20H17ClN2O3S2. The van der Waals surface area contributed by atoms with Gasteiger partial charge in [-0.2, -0.15) is 0 Å². The summed E-state index contributed by atoms with van der Waals surface area (Å²) in [6.45, 7) is 2.74. The molecule has 0 unspecified atom stereocenters. The highest BCUT2D eigenvalue weighted by Crippen LogP contribution is 2.29. The maximum atomic E-state index is 12.5. The minimum atomic E-state index is -0.517. The van der Waals surface area contributed by atoms with E-state index in [4.69, 9.17) is 16.3 Å². The molecule has 8 heteroatoms. The number of esters is 1. The number of hydrogen-bond acceptors (Lipinski definition) is 6. The van der Waals surface area contributed by atoms with E-state index in [9.17, 15) is 9.59 Å². The number of thiazole rings is 1. The Kier molecular flexibility index (Phi) is 5.48. The second kappa shape index (κ2) is 8.03. The van der Waals surface area contributed by atoms with Crippen LogP contribution in [-0.2, 0) is 22.5 Å². The van der Waals surface area contributed by atoms with Gasteiger partial charge in [0.1, 0.15) is 9.88 Å². The molecule has 0 radical (unpaired) electrons. The summed E-state index contributed by atoms with van der Waals surface area (Å²) in [5, 5.41) is 3.40. The molecule has 0 N–H and O–H groups in total. The summed E-state index contributed by atoms with van der Waals surface area (Å²) < 4.78 is 5.28. The van der Waals surface area contributed by atoms with Gasteiger partial charge in [0.05, 0.1) is 5.69 Å². The highest BCUT2D eigenvalue weighted by atomic mass is 35.5. The summed E-state index contributed by atoms with van der Waals surface area (Å²) in [4.78, 5) is 32.8. The van der Waals surface area contributed by atoms with Crippen LogP contribution in [-0.4, -0.2) is 34.9 Å². The predicted molar refractivity (Wildman–Crippen MR) is 111 cm³/mol. The van der Waals surface area contributed by atoms with Crippen LogP contribution in [0.25, 0.3) is 10.6 Å². The topological polar surface area (TPSA) is 59.5 Å². The molecule has 0 atom stereocenters. The summed E-state index contributed by atoms with van der Waals surface area (Å²) >= 11 is 8.89. The third kappa shape index (κ3) is 3.97. The lowest BCUT2D eigenvalue weighted by Gasteiger charge is -2.26. The standard InChI is InChI=1S/C20H17ClN2O3S2/c1-12-18(28-19(22-12)13-2-4-15(21)5-3-13)20(25)26-11-17(24)23-8-6-16-14(10-23)7-9-27-16/h2-5,7,9H,6,8,10-11H2,1H3. The van der Waals surface area contributed by atoms with Crippen LogP contribution in [0.4, 0.5) is 0 Å². The van der Waals surface area contributed by atoms with E-state index in [0.717, 1.165) is 12.0 Å². The number of benzene rings is 1. The third-order valence-corrected chi connectivity index (χ3v) is 7.02. The number of amides is 1. The van der Waals surface area contributed by atoms with Gasteiger partial charge in [-0.05, 0) is 42.5 Å². The molecule has 0 saturated heterocycles. The first-order valence-corrected chi connectivity index (χ1v) is 10.8. The van der Waals surface area contributed by atoms with Crippen molar-refractivity contribution in [3.05, 3.63) is 61.7 Å². The number of carbonyl (C=O) groups excluding carboxylic acids is 2. The van der Waals surface area contributed by atoms with Crippen molar-refractivity contribution in [2.24, 2.45) is 0 Å². The SMILES string of the molecule is Cc1nc(-c2ccc(Cl)cc2)sc1C(=O)OCC(=O)N1CCc2sccc2C1. The average Bonchev–Trinajstić information content (AvgIpc) is 3.32. The molecule has 1 aromatic carbocycles. The van der Waals surface area contributed by atoms with E-state index >= 15 is 0 Å². The van der Waals surface area contributed by atoms with Crippen molar-refractivity contribution in [2.45, 2.75) is 19.9 Å². The zero-order valence-corrected chi connectivity index (χ0v) is 17.5. The number of thiophene rings is 1. The number of nitrogens with zero attached hydrogens (tertiary/aromatic N) is 2. The molecule has 3 aromatic rings. The molecule has 1 aliphatic heterocycles. The van der Waals surface area contributed by atoms with Crippen LogP contribution in [0, 0.1) is 6.92 Å². The number of hydrogen-bond donors (Lipinski definition) is 0. The van der Waals surface area contributed by atoms with Gasteiger partial charge in [0.25, 0.3) is 5.91 Å². The van der Waals surface area contributed by atoms with E-state index in [1.165, 1.54) is 21.8 Å². The van der Waals surface area contributed by atoms with Crippen LogP contribution < -0.4 is 0 Å². The summed E-state index contributed by atoms with van der Waals surface area (Å²) in [6, 6.07) is 9.32. The first kappa shape index (κ1) is 19.1. The van der Waals surface area contributed by atoms with Crippen LogP contribution in [0.3, 0.4) is 0 Å². The molecule has 2 aromatic heterocycles. The fourth-order valence-electron chi connectivity index (χ4n) is 3.05. The van der Waals surface area contributed by atoms with Crippen LogP contribution in [0.15, 0.2) is 35.7 Å². The smallest absolute Gasteiger partial charge is 0.350 e. The van der Waals surface area contributed by atoms with E-state index in [-0.39, 0.29) is 12.5 Å². The lowest BCUT2D eigenvalue weighted by Crippen LogP contribution is -2.38. The molecule has 0 bridgehead atoms. The van der Waals surface area contributed by atoms with E-state index in [2.05, 4.69) is 4.98 Å². The molecule has 0 fully saturated rings. The number of carbonyl (C=O) groups is 2. The number of halogens is 1. The Balaban J connectivity index is 1.39.